The van der Waals surface area contributed by atoms with Gasteiger partial charge in [-0.05, 0) is 31.0 Å². The van der Waals surface area contributed by atoms with E-state index < -0.39 is 0 Å². The third kappa shape index (κ3) is 3.44. The van der Waals surface area contributed by atoms with Crippen molar-refractivity contribution in [3.63, 3.8) is 0 Å². The number of aryl methyl sites for hydroxylation is 1. The molecule has 2 aromatic carbocycles. The van der Waals surface area contributed by atoms with Gasteiger partial charge in [-0.1, -0.05) is 67.1 Å². The Bertz CT molecular complexity index is 476. The first kappa shape index (κ1) is 12.8. The van der Waals surface area contributed by atoms with Crippen molar-refractivity contribution in [2.24, 2.45) is 0 Å². The highest BCUT2D eigenvalue weighted by Gasteiger charge is 2.10. The number of hydrogen-bond donors (Lipinski definition) is 1. The van der Waals surface area contributed by atoms with Gasteiger partial charge < -0.3 is 5.32 Å². The molecule has 0 radical (unpaired) electrons. The Kier molecular flexibility index (Phi) is 4.54. The summed E-state index contributed by atoms with van der Waals surface area (Å²) in [6.07, 6.45) is 1.04. The molecule has 18 heavy (non-hydrogen) atoms. The Morgan fingerprint density at radius 2 is 1.78 bits per heavy atom. The maximum atomic E-state index is 3.57. The summed E-state index contributed by atoms with van der Waals surface area (Å²) in [5.41, 5.74) is 4.08. The number of likely N-dealkylation sites (N-methyl/N-ethyl adjacent to an activating group) is 1. The fourth-order valence-electron chi connectivity index (χ4n) is 2.29. The van der Waals surface area contributed by atoms with Crippen LogP contribution in [0.15, 0.2) is 54.6 Å². The van der Waals surface area contributed by atoms with E-state index >= 15 is 0 Å². The third-order valence-electron chi connectivity index (χ3n) is 3.18. The van der Waals surface area contributed by atoms with Crippen molar-refractivity contribution in [2.45, 2.75) is 26.3 Å². The Morgan fingerprint density at radius 3 is 2.44 bits per heavy atom. The number of benzene rings is 2. The van der Waals surface area contributed by atoms with Gasteiger partial charge in [0.05, 0.1) is 0 Å². The Labute approximate surface area is 110 Å². The average Bonchev–Trinajstić information content (AvgIpc) is 2.39. The van der Waals surface area contributed by atoms with Crippen molar-refractivity contribution in [3.05, 3.63) is 71.3 Å². The van der Waals surface area contributed by atoms with Crippen molar-refractivity contribution in [1.29, 1.82) is 0 Å². The summed E-state index contributed by atoms with van der Waals surface area (Å²) < 4.78 is 0. The summed E-state index contributed by atoms with van der Waals surface area (Å²) in [6, 6.07) is 19.8. The van der Waals surface area contributed by atoms with Crippen LogP contribution in [0.25, 0.3) is 0 Å². The molecule has 0 spiro atoms. The molecule has 1 unspecified atom stereocenters. The Hall–Kier alpha value is -1.60. The fraction of sp³-hybridized carbons (Fsp3) is 0.294. The second-order valence-electron chi connectivity index (χ2n) is 4.71. The van der Waals surface area contributed by atoms with Crippen LogP contribution in [-0.4, -0.2) is 6.54 Å². The van der Waals surface area contributed by atoms with Crippen molar-refractivity contribution < 1.29 is 0 Å². The van der Waals surface area contributed by atoms with E-state index in [0.717, 1.165) is 13.0 Å². The van der Waals surface area contributed by atoms with Crippen LogP contribution >= 0.6 is 0 Å². The SMILES string of the molecule is CCNC(Cc1ccccc1)c1cccc(C)c1. The highest BCUT2D eigenvalue weighted by molar-refractivity contribution is 5.27. The van der Waals surface area contributed by atoms with Crippen LogP contribution in [0.1, 0.15) is 29.7 Å². The molecule has 2 aromatic rings. The van der Waals surface area contributed by atoms with Crippen LogP contribution in [0, 0.1) is 6.92 Å². The number of rotatable bonds is 5. The number of nitrogens with one attached hydrogen (secondary N) is 1. The quantitative estimate of drug-likeness (QED) is 0.834. The summed E-state index contributed by atoms with van der Waals surface area (Å²) in [6.45, 7) is 5.30. The largest absolute Gasteiger partial charge is 0.310 e. The average molecular weight is 239 g/mol. The molecule has 1 N–H and O–H groups in total. The lowest BCUT2D eigenvalue weighted by atomic mass is 9.97. The van der Waals surface area contributed by atoms with E-state index in [-0.39, 0.29) is 0 Å². The molecule has 0 aliphatic carbocycles. The normalized spacial score (nSPS) is 12.3. The zero-order valence-corrected chi connectivity index (χ0v) is 11.2. The molecule has 94 valence electrons. The second-order valence-corrected chi connectivity index (χ2v) is 4.71. The molecule has 0 saturated carbocycles. The zero-order valence-electron chi connectivity index (χ0n) is 11.2. The van der Waals surface area contributed by atoms with E-state index in [1.165, 1.54) is 16.7 Å². The van der Waals surface area contributed by atoms with Crippen molar-refractivity contribution in [1.82, 2.24) is 5.32 Å². The van der Waals surface area contributed by atoms with Gasteiger partial charge in [0.1, 0.15) is 0 Å². The summed E-state index contributed by atoms with van der Waals surface area (Å²) in [5, 5.41) is 3.57. The van der Waals surface area contributed by atoms with Crippen molar-refractivity contribution >= 4 is 0 Å². The summed E-state index contributed by atoms with van der Waals surface area (Å²) in [5.74, 6) is 0. The summed E-state index contributed by atoms with van der Waals surface area (Å²) in [7, 11) is 0. The first-order valence-corrected chi connectivity index (χ1v) is 6.63. The van der Waals surface area contributed by atoms with Gasteiger partial charge in [0.2, 0.25) is 0 Å². The van der Waals surface area contributed by atoms with Crippen LogP contribution in [0.4, 0.5) is 0 Å². The van der Waals surface area contributed by atoms with Crippen LogP contribution in [-0.2, 0) is 6.42 Å². The van der Waals surface area contributed by atoms with Gasteiger partial charge in [0.15, 0.2) is 0 Å². The van der Waals surface area contributed by atoms with Gasteiger partial charge in [-0.15, -0.1) is 0 Å². The molecule has 0 fully saturated rings. The lowest BCUT2D eigenvalue weighted by molar-refractivity contribution is 0.549. The van der Waals surface area contributed by atoms with E-state index in [0.29, 0.717) is 6.04 Å². The molecule has 0 heterocycles. The van der Waals surface area contributed by atoms with Gasteiger partial charge in [-0.25, -0.2) is 0 Å². The maximum absolute atomic E-state index is 3.57. The fourth-order valence-corrected chi connectivity index (χ4v) is 2.29. The van der Waals surface area contributed by atoms with Gasteiger partial charge in [-0.3, -0.25) is 0 Å². The molecule has 1 heteroatoms. The minimum absolute atomic E-state index is 0.400. The van der Waals surface area contributed by atoms with Gasteiger partial charge in [0, 0.05) is 6.04 Å². The van der Waals surface area contributed by atoms with E-state index in [9.17, 15) is 0 Å². The maximum Gasteiger partial charge on any atom is 0.0360 e. The molecule has 1 nitrogen and oxygen atoms in total. The van der Waals surface area contributed by atoms with Crippen LogP contribution in [0.5, 0.6) is 0 Å². The highest BCUT2D eigenvalue weighted by Crippen LogP contribution is 2.19. The molecule has 2 rings (SSSR count). The van der Waals surface area contributed by atoms with E-state index in [1.54, 1.807) is 0 Å². The molecule has 0 saturated heterocycles. The van der Waals surface area contributed by atoms with E-state index in [1.807, 2.05) is 0 Å². The van der Waals surface area contributed by atoms with Crippen LogP contribution < -0.4 is 5.32 Å². The van der Waals surface area contributed by atoms with E-state index in [4.69, 9.17) is 0 Å². The Morgan fingerprint density at radius 1 is 1.00 bits per heavy atom. The second kappa shape index (κ2) is 6.36. The molecule has 0 aliphatic rings. The van der Waals surface area contributed by atoms with Crippen molar-refractivity contribution in [3.8, 4) is 0 Å². The third-order valence-corrected chi connectivity index (χ3v) is 3.18. The minimum atomic E-state index is 0.400. The van der Waals surface area contributed by atoms with Gasteiger partial charge in [-0.2, -0.15) is 0 Å². The van der Waals surface area contributed by atoms with Crippen LogP contribution in [0.2, 0.25) is 0 Å². The lowest BCUT2D eigenvalue weighted by Gasteiger charge is -2.19. The lowest BCUT2D eigenvalue weighted by Crippen LogP contribution is -2.23. The molecule has 0 aromatic heterocycles. The Balaban J connectivity index is 2.18. The first-order valence-electron chi connectivity index (χ1n) is 6.63. The van der Waals surface area contributed by atoms with Gasteiger partial charge >= 0.3 is 0 Å². The standard InChI is InChI=1S/C17H21N/c1-3-18-17(13-15-9-5-4-6-10-15)16-11-7-8-14(2)12-16/h4-12,17-18H,3,13H2,1-2H3. The minimum Gasteiger partial charge on any atom is -0.310 e. The highest BCUT2D eigenvalue weighted by atomic mass is 14.9. The van der Waals surface area contributed by atoms with Crippen molar-refractivity contribution in [2.75, 3.05) is 6.54 Å². The topological polar surface area (TPSA) is 12.0 Å². The monoisotopic (exact) mass is 239 g/mol. The molecule has 0 aliphatic heterocycles. The zero-order chi connectivity index (χ0) is 12.8. The summed E-state index contributed by atoms with van der Waals surface area (Å²) in [4.78, 5) is 0. The summed E-state index contributed by atoms with van der Waals surface area (Å²) >= 11 is 0. The van der Waals surface area contributed by atoms with Gasteiger partial charge in [0.25, 0.3) is 0 Å². The smallest absolute Gasteiger partial charge is 0.0360 e. The number of hydrogen-bond acceptors (Lipinski definition) is 1. The molecule has 1 atom stereocenters. The first-order chi connectivity index (χ1) is 8.79. The predicted octanol–water partition coefficient (Wildman–Crippen LogP) is 3.89. The predicted molar refractivity (Wildman–Crippen MR) is 77.7 cm³/mol. The van der Waals surface area contributed by atoms with E-state index in [2.05, 4.69) is 73.8 Å². The molecular weight excluding hydrogens is 218 g/mol. The van der Waals surface area contributed by atoms with Crippen LogP contribution in [0.3, 0.4) is 0 Å². The molecule has 0 bridgehead atoms. The molecular formula is C17H21N. The molecule has 0 amide bonds.